The van der Waals surface area contributed by atoms with Gasteiger partial charge in [-0.15, -0.1) is 21.5 Å². The maximum atomic E-state index is 13.0. The van der Waals surface area contributed by atoms with E-state index in [0.717, 1.165) is 20.9 Å². The van der Waals surface area contributed by atoms with Crippen molar-refractivity contribution in [3.05, 3.63) is 88.2 Å². The number of rotatable bonds is 7. The molecule has 2 atom stereocenters. The standard InChI is InChI=1S/C25H24N4O2S2/c1-16(23(30)27-25-28-26-15-32-25)22(18-7-5-4-6-8-18)21-14-13-20(33-21)17-9-11-19(12-10-17)24(31)29(2)3/h4-16,22H,1-3H3,(H,27,28,30)/t16-,22-/m0/s1. The van der Waals surface area contributed by atoms with E-state index in [4.69, 9.17) is 0 Å². The van der Waals surface area contributed by atoms with E-state index >= 15 is 0 Å². The summed E-state index contributed by atoms with van der Waals surface area (Å²) in [5.74, 6) is -0.537. The fourth-order valence-corrected chi connectivity index (χ4v) is 5.36. The summed E-state index contributed by atoms with van der Waals surface area (Å²) in [6.07, 6.45) is 0. The summed E-state index contributed by atoms with van der Waals surface area (Å²) in [6, 6.07) is 21.9. The first kappa shape index (κ1) is 22.8. The summed E-state index contributed by atoms with van der Waals surface area (Å²) < 4.78 is 0. The van der Waals surface area contributed by atoms with Crippen LogP contribution in [0.1, 0.15) is 33.6 Å². The molecule has 0 bridgehead atoms. The number of thiophene rings is 1. The average molecular weight is 477 g/mol. The highest BCUT2D eigenvalue weighted by atomic mass is 32.1. The van der Waals surface area contributed by atoms with Gasteiger partial charge in [-0.3, -0.25) is 9.59 Å². The van der Waals surface area contributed by atoms with Gasteiger partial charge in [0.1, 0.15) is 5.51 Å². The van der Waals surface area contributed by atoms with E-state index in [9.17, 15) is 9.59 Å². The zero-order chi connectivity index (χ0) is 23.4. The van der Waals surface area contributed by atoms with Crippen molar-refractivity contribution in [2.24, 2.45) is 5.92 Å². The Hall–Kier alpha value is -3.36. The first-order valence-corrected chi connectivity index (χ1v) is 12.2. The predicted molar refractivity (Wildman–Crippen MR) is 134 cm³/mol. The van der Waals surface area contributed by atoms with Crippen molar-refractivity contribution in [2.75, 3.05) is 19.4 Å². The highest BCUT2D eigenvalue weighted by Crippen LogP contribution is 2.39. The second kappa shape index (κ2) is 10.1. The molecule has 0 fully saturated rings. The number of nitrogens with zero attached hydrogens (tertiary/aromatic N) is 3. The van der Waals surface area contributed by atoms with Crippen LogP contribution in [0.15, 0.2) is 72.2 Å². The van der Waals surface area contributed by atoms with E-state index in [1.54, 1.807) is 35.8 Å². The molecule has 0 saturated carbocycles. The first-order chi connectivity index (χ1) is 15.9. The van der Waals surface area contributed by atoms with Gasteiger partial charge >= 0.3 is 0 Å². The van der Waals surface area contributed by atoms with Crippen molar-refractivity contribution in [1.82, 2.24) is 15.1 Å². The normalized spacial score (nSPS) is 12.7. The molecule has 2 aromatic carbocycles. The Labute approximate surface area is 200 Å². The van der Waals surface area contributed by atoms with Crippen LogP contribution in [0.2, 0.25) is 0 Å². The van der Waals surface area contributed by atoms with Crippen LogP contribution in [0.25, 0.3) is 10.4 Å². The number of aromatic nitrogens is 2. The van der Waals surface area contributed by atoms with E-state index in [-0.39, 0.29) is 23.7 Å². The fraction of sp³-hybridized carbons (Fsp3) is 0.200. The molecule has 8 heteroatoms. The highest BCUT2D eigenvalue weighted by Gasteiger charge is 2.29. The molecule has 0 spiro atoms. The third-order valence-electron chi connectivity index (χ3n) is 5.42. The largest absolute Gasteiger partial charge is 0.345 e. The summed E-state index contributed by atoms with van der Waals surface area (Å²) in [6.45, 7) is 1.94. The molecule has 2 heterocycles. The molecule has 1 N–H and O–H groups in total. The fourth-order valence-electron chi connectivity index (χ4n) is 3.67. The number of amides is 2. The molecule has 168 valence electrons. The Morgan fingerprint density at radius 2 is 1.70 bits per heavy atom. The molecule has 0 saturated heterocycles. The molecule has 6 nitrogen and oxygen atoms in total. The number of carbonyl (C=O) groups excluding carboxylic acids is 2. The van der Waals surface area contributed by atoms with Gasteiger partial charge in [0.25, 0.3) is 5.91 Å². The molecule has 0 aliphatic heterocycles. The van der Waals surface area contributed by atoms with E-state index in [1.807, 2.05) is 49.4 Å². The van der Waals surface area contributed by atoms with Crippen LogP contribution >= 0.6 is 22.7 Å². The zero-order valence-corrected chi connectivity index (χ0v) is 20.2. The number of benzene rings is 2. The second-order valence-corrected chi connectivity index (χ2v) is 9.84. The maximum Gasteiger partial charge on any atom is 0.253 e. The van der Waals surface area contributed by atoms with Crippen LogP contribution in [0.5, 0.6) is 0 Å². The minimum atomic E-state index is -0.317. The number of anilines is 1. The molecular weight excluding hydrogens is 452 g/mol. The van der Waals surface area contributed by atoms with E-state index < -0.39 is 0 Å². The molecule has 0 aliphatic rings. The van der Waals surface area contributed by atoms with Crippen molar-refractivity contribution in [2.45, 2.75) is 12.8 Å². The van der Waals surface area contributed by atoms with Gasteiger partial charge < -0.3 is 10.2 Å². The lowest BCUT2D eigenvalue weighted by molar-refractivity contribution is -0.119. The molecule has 0 unspecified atom stereocenters. The van der Waals surface area contributed by atoms with Crippen LogP contribution in [0, 0.1) is 5.92 Å². The van der Waals surface area contributed by atoms with Gasteiger partial charge in [-0.25, -0.2) is 0 Å². The van der Waals surface area contributed by atoms with E-state index in [1.165, 1.54) is 11.3 Å². The molecule has 2 amide bonds. The smallest absolute Gasteiger partial charge is 0.253 e. The summed E-state index contributed by atoms with van der Waals surface area (Å²) >= 11 is 2.96. The van der Waals surface area contributed by atoms with Crippen LogP contribution in [0.4, 0.5) is 5.13 Å². The van der Waals surface area contributed by atoms with Gasteiger partial charge in [-0.1, -0.05) is 60.7 Å². The first-order valence-electron chi connectivity index (χ1n) is 10.5. The minimum Gasteiger partial charge on any atom is -0.345 e. The number of carbonyl (C=O) groups is 2. The molecule has 4 aromatic rings. The summed E-state index contributed by atoms with van der Waals surface area (Å²) in [4.78, 5) is 29.0. The molecule has 4 rings (SSSR count). The van der Waals surface area contributed by atoms with Crippen LogP contribution in [-0.2, 0) is 4.79 Å². The van der Waals surface area contributed by atoms with Crippen molar-refractivity contribution in [1.29, 1.82) is 0 Å². The predicted octanol–water partition coefficient (Wildman–Crippen LogP) is 5.38. The number of hydrogen-bond acceptors (Lipinski definition) is 6. The van der Waals surface area contributed by atoms with Gasteiger partial charge in [-0.2, -0.15) is 0 Å². The van der Waals surface area contributed by atoms with E-state index in [0.29, 0.717) is 10.7 Å². The van der Waals surface area contributed by atoms with Gasteiger partial charge in [0.2, 0.25) is 11.0 Å². The lowest BCUT2D eigenvalue weighted by atomic mass is 9.85. The topological polar surface area (TPSA) is 75.2 Å². The lowest BCUT2D eigenvalue weighted by Crippen LogP contribution is -2.26. The van der Waals surface area contributed by atoms with E-state index in [2.05, 4.69) is 39.8 Å². The SMILES string of the molecule is C[C@H](C(=O)Nc1nncs1)[C@@H](c1ccccc1)c1ccc(-c2ccc(C(=O)N(C)C)cc2)s1. The lowest BCUT2D eigenvalue weighted by Gasteiger charge is -2.22. The van der Waals surface area contributed by atoms with Crippen molar-refractivity contribution >= 4 is 39.6 Å². The summed E-state index contributed by atoms with van der Waals surface area (Å²) in [7, 11) is 3.49. The zero-order valence-electron chi connectivity index (χ0n) is 18.6. The number of hydrogen-bond donors (Lipinski definition) is 1. The third-order valence-corrected chi connectivity index (χ3v) is 7.24. The number of nitrogens with one attached hydrogen (secondary N) is 1. The third kappa shape index (κ3) is 5.18. The van der Waals surface area contributed by atoms with Gasteiger partial charge in [0.05, 0.1) is 0 Å². The van der Waals surface area contributed by atoms with Crippen molar-refractivity contribution < 1.29 is 9.59 Å². The molecule has 2 aromatic heterocycles. The Morgan fingerprint density at radius 3 is 2.33 bits per heavy atom. The quantitative estimate of drug-likeness (QED) is 0.389. The van der Waals surface area contributed by atoms with Gasteiger partial charge in [-0.05, 0) is 35.4 Å². The molecule has 0 radical (unpaired) electrons. The summed E-state index contributed by atoms with van der Waals surface area (Å²) in [5, 5.41) is 11.1. The maximum absolute atomic E-state index is 13.0. The highest BCUT2D eigenvalue weighted by molar-refractivity contribution is 7.15. The Balaban J connectivity index is 1.62. The molecular formula is C25H24N4O2S2. The molecule has 33 heavy (non-hydrogen) atoms. The Bertz CT molecular complexity index is 1220. The van der Waals surface area contributed by atoms with Crippen LogP contribution in [0.3, 0.4) is 0 Å². The van der Waals surface area contributed by atoms with Crippen LogP contribution < -0.4 is 5.32 Å². The van der Waals surface area contributed by atoms with Crippen molar-refractivity contribution in [3.8, 4) is 10.4 Å². The van der Waals surface area contributed by atoms with Crippen LogP contribution in [-0.4, -0.2) is 41.0 Å². The molecule has 0 aliphatic carbocycles. The second-order valence-electron chi connectivity index (χ2n) is 7.89. The average Bonchev–Trinajstić information content (AvgIpc) is 3.52. The minimum absolute atomic E-state index is 0.0205. The Morgan fingerprint density at radius 1 is 0.970 bits per heavy atom. The van der Waals surface area contributed by atoms with Gasteiger partial charge in [0, 0.05) is 41.2 Å². The van der Waals surface area contributed by atoms with Gasteiger partial charge in [0.15, 0.2) is 0 Å². The van der Waals surface area contributed by atoms with Crippen molar-refractivity contribution in [3.63, 3.8) is 0 Å². The monoisotopic (exact) mass is 476 g/mol. The Kier molecular flexibility index (Phi) is 6.96. The summed E-state index contributed by atoms with van der Waals surface area (Å²) in [5.41, 5.74) is 4.37.